The number of rotatable bonds is 7. The van der Waals surface area contributed by atoms with Crippen LogP contribution in [0.25, 0.3) is 0 Å². The van der Waals surface area contributed by atoms with E-state index >= 15 is 0 Å². The fraction of sp³-hybridized carbons (Fsp3) is 0.381. The average Bonchev–Trinajstić information content (AvgIpc) is 3.24. The topological polar surface area (TPSA) is 82.1 Å². The van der Waals surface area contributed by atoms with Crippen LogP contribution in [0.4, 0.5) is 0 Å². The third-order valence-electron chi connectivity index (χ3n) is 4.97. The standard InChI is InChI=1S/C21H25NO6S/c1-4-28-21(23)15-7-10-17(11-8-15)29(24,25)22-13-5-6-19(22)18-14-16(26-2)9-12-20(18)27-3/h7-12,14,19H,4-6,13H2,1-3H3/t19-/m0/s1. The largest absolute Gasteiger partial charge is 0.497 e. The van der Waals surface area contributed by atoms with Gasteiger partial charge in [-0.3, -0.25) is 0 Å². The van der Waals surface area contributed by atoms with Crippen LogP contribution in [-0.4, -0.2) is 46.1 Å². The number of hydrogen-bond donors (Lipinski definition) is 0. The minimum atomic E-state index is -3.75. The van der Waals surface area contributed by atoms with Crippen molar-refractivity contribution < 1.29 is 27.4 Å². The number of methoxy groups -OCH3 is 2. The first kappa shape index (κ1) is 21.1. The number of sulfonamides is 1. The number of carbonyl (C=O) groups excluding carboxylic acids is 1. The molecule has 1 fully saturated rings. The van der Waals surface area contributed by atoms with Crippen LogP contribution in [0.15, 0.2) is 47.4 Å². The van der Waals surface area contributed by atoms with Gasteiger partial charge in [-0.2, -0.15) is 4.31 Å². The Morgan fingerprint density at radius 3 is 2.45 bits per heavy atom. The Balaban J connectivity index is 1.93. The molecule has 1 atom stereocenters. The summed E-state index contributed by atoms with van der Waals surface area (Å²) in [6, 6.07) is 10.9. The number of benzene rings is 2. The monoisotopic (exact) mass is 419 g/mol. The van der Waals surface area contributed by atoms with Crippen molar-refractivity contribution in [3.05, 3.63) is 53.6 Å². The van der Waals surface area contributed by atoms with Crippen LogP contribution in [0.1, 0.15) is 41.7 Å². The molecule has 1 saturated heterocycles. The molecule has 3 rings (SSSR count). The lowest BCUT2D eigenvalue weighted by molar-refractivity contribution is 0.0526. The van der Waals surface area contributed by atoms with Gasteiger partial charge in [-0.1, -0.05) is 0 Å². The summed E-state index contributed by atoms with van der Waals surface area (Å²) in [6.45, 7) is 2.39. The zero-order chi connectivity index (χ0) is 21.0. The van der Waals surface area contributed by atoms with Crippen LogP contribution < -0.4 is 9.47 Å². The van der Waals surface area contributed by atoms with E-state index < -0.39 is 16.0 Å². The van der Waals surface area contributed by atoms with Gasteiger partial charge in [-0.15, -0.1) is 0 Å². The van der Waals surface area contributed by atoms with Crippen LogP contribution in [0.3, 0.4) is 0 Å². The summed E-state index contributed by atoms with van der Waals surface area (Å²) < 4.78 is 43.8. The van der Waals surface area contributed by atoms with Crippen LogP contribution in [0, 0.1) is 0 Å². The third-order valence-corrected chi connectivity index (χ3v) is 6.89. The van der Waals surface area contributed by atoms with Gasteiger partial charge in [-0.25, -0.2) is 13.2 Å². The molecular formula is C21H25NO6S. The number of ether oxygens (including phenoxy) is 3. The Kier molecular flexibility index (Phi) is 6.44. The minimum absolute atomic E-state index is 0.138. The second kappa shape index (κ2) is 8.84. The van der Waals surface area contributed by atoms with Crippen molar-refractivity contribution in [2.75, 3.05) is 27.4 Å². The molecule has 0 radical (unpaired) electrons. The summed E-state index contributed by atoms with van der Waals surface area (Å²) in [5.41, 5.74) is 1.09. The molecule has 1 heterocycles. The molecule has 0 N–H and O–H groups in total. The second-order valence-corrected chi connectivity index (χ2v) is 8.52. The van der Waals surface area contributed by atoms with E-state index in [0.29, 0.717) is 30.0 Å². The van der Waals surface area contributed by atoms with Crippen molar-refractivity contribution in [2.45, 2.75) is 30.7 Å². The fourth-order valence-corrected chi connectivity index (χ4v) is 5.23. The summed E-state index contributed by atoms with van der Waals surface area (Å²) in [5, 5.41) is 0. The maximum atomic E-state index is 13.3. The lowest BCUT2D eigenvalue weighted by atomic mass is 10.0. The molecule has 2 aromatic carbocycles. The van der Waals surface area contributed by atoms with E-state index in [-0.39, 0.29) is 17.5 Å². The Labute approximate surface area is 171 Å². The summed E-state index contributed by atoms with van der Waals surface area (Å²) >= 11 is 0. The second-order valence-electron chi connectivity index (χ2n) is 6.63. The molecule has 0 unspecified atom stereocenters. The summed E-state index contributed by atoms with van der Waals surface area (Å²) in [4.78, 5) is 12.0. The van der Waals surface area contributed by atoms with Crippen LogP contribution in [0.5, 0.6) is 11.5 Å². The SMILES string of the molecule is CCOC(=O)c1ccc(S(=O)(=O)N2CCC[C@H]2c2cc(OC)ccc2OC)cc1. The summed E-state index contributed by atoms with van der Waals surface area (Å²) in [5.74, 6) is 0.788. The lowest BCUT2D eigenvalue weighted by Gasteiger charge is -2.26. The van der Waals surface area contributed by atoms with Crippen molar-refractivity contribution in [3.63, 3.8) is 0 Å². The number of nitrogens with zero attached hydrogens (tertiary/aromatic N) is 1. The highest BCUT2D eigenvalue weighted by Gasteiger charge is 2.37. The molecule has 2 aromatic rings. The van der Waals surface area contributed by atoms with Crippen molar-refractivity contribution in [1.29, 1.82) is 0 Å². The van der Waals surface area contributed by atoms with Crippen LogP contribution >= 0.6 is 0 Å². The minimum Gasteiger partial charge on any atom is -0.497 e. The third kappa shape index (κ3) is 4.23. The Bertz CT molecular complexity index is 971. The molecule has 1 aliphatic heterocycles. The van der Waals surface area contributed by atoms with Crippen molar-refractivity contribution >= 4 is 16.0 Å². The van der Waals surface area contributed by atoms with E-state index in [0.717, 1.165) is 12.0 Å². The van der Waals surface area contributed by atoms with E-state index in [4.69, 9.17) is 14.2 Å². The molecular weight excluding hydrogens is 394 g/mol. The number of esters is 1. The highest BCUT2D eigenvalue weighted by molar-refractivity contribution is 7.89. The molecule has 0 amide bonds. The van der Waals surface area contributed by atoms with Crippen molar-refractivity contribution in [3.8, 4) is 11.5 Å². The van der Waals surface area contributed by atoms with E-state index in [9.17, 15) is 13.2 Å². The first-order valence-electron chi connectivity index (χ1n) is 9.43. The Morgan fingerprint density at radius 1 is 1.10 bits per heavy atom. The molecule has 0 spiro atoms. The van der Waals surface area contributed by atoms with Crippen molar-refractivity contribution in [1.82, 2.24) is 4.31 Å². The van der Waals surface area contributed by atoms with Gasteiger partial charge in [0.1, 0.15) is 11.5 Å². The molecule has 0 saturated carbocycles. The summed E-state index contributed by atoms with van der Waals surface area (Å²) in [7, 11) is -0.618. The predicted molar refractivity (Wildman–Crippen MR) is 108 cm³/mol. The predicted octanol–water partition coefficient (Wildman–Crippen LogP) is 3.41. The maximum absolute atomic E-state index is 13.3. The Hall–Kier alpha value is -2.58. The highest BCUT2D eigenvalue weighted by atomic mass is 32.2. The van der Waals surface area contributed by atoms with Crippen molar-refractivity contribution in [2.24, 2.45) is 0 Å². The van der Waals surface area contributed by atoms with Gasteiger partial charge in [0.15, 0.2) is 0 Å². The zero-order valence-electron chi connectivity index (χ0n) is 16.8. The van der Waals surface area contributed by atoms with Gasteiger partial charge in [0.05, 0.1) is 37.3 Å². The molecule has 7 nitrogen and oxygen atoms in total. The smallest absolute Gasteiger partial charge is 0.338 e. The van der Waals surface area contributed by atoms with E-state index in [1.165, 1.54) is 28.6 Å². The molecule has 29 heavy (non-hydrogen) atoms. The Morgan fingerprint density at radius 2 is 1.83 bits per heavy atom. The molecule has 156 valence electrons. The first-order valence-corrected chi connectivity index (χ1v) is 10.9. The van der Waals surface area contributed by atoms with Gasteiger partial charge in [0, 0.05) is 12.1 Å². The molecule has 1 aliphatic rings. The van der Waals surface area contributed by atoms with Gasteiger partial charge < -0.3 is 14.2 Å². The molecule has 0 aliphatic carbocycles. The summed E-state index contributed by atoms with van der Waals surface area (Å²) in [6.07, 6.45) is 1.43. The molecule has 8 heteroatoms. The lowest BCUT2D eigenvalue weighted by Crippen LogP contribution is -2.31. The van der Waals surface area contributed by atoms with Gasteiger partial charge in [-0.05, 0) is 62.2 Å². The number of carbonyl (C=O) groups is 1. The van der Waals surface area contributed by atoms with Gasteiger partial charge >= 0.3 is 5.97 Å². The van der Waals surface area contributed by atoms with Gasteiger partial charge in [0.2, 0.25) is 10.0 Å². The average molecular weight is 419 g/mol. The first-order chi connectivity index (χ1) is 13.9. The molecule has 0 aromatic heterocycles. The normalized spacial score (nSPS) is 17.1. The van der Waals surface area contributed by atoms with Gasteiger partial charge in [0.25, 0.3) is 0 Å². The van der Waals surface area contributed by atoms with Crippen LogP contribution in [0.2, 0.25) is 0 Å². The van der Waals surface area contributed by atoms with E-state index in [2.05, 4.69) is 0 Å². The molecule has 0 bridgehead atoms. The highest BCUT2D eigenvalue weighted by Crippen LogP contribution is 2.41. The van der Waals surface area contributed by atoms with E-state index in [1.54, 1.807) is 33.3 Å². The maximum Gasteiger partial charge on any atom is 0.338 e. The zero-order valence-corrected chi connectivity index (χ0v) is 17.6. The fourth-order valence-electron chi connectivity index (χ4n) is 3.55. The quantitative estimate of drug-likeness (QED) is 0.640. The van der Waals surface area contributed by atoms with E-state index in [1.807, 2.05) is 6.07 Å². The number of hydrogen-bond acceptors (Lipinski definition) is 6. The van der Waals surface area contributed by atoms with Crippen LogP contribution in [-0.2, 0) is 14.8 Å².